The Morgan fingerprint density at radius 1 is 0.976 bits per heavy atom. The number of ether oxygens (including phenoxy) is 6. The quantitative estimate of drug-likeness (QED) is 0.0855. The number of nitrogens with zero attached hydrogens (tertiary/aromatic N) is 1. The summed E-state index contributed by atoms with van der Waals surface area (Å²) in [6.07, 6.45) is 2.11. The third kappa shape index (κ3) is 8.63. The van der Waals surface area contributed by atoms with Crippen molar-refractivity contribution in [2.45, 2.75) is 51.9 Å². The molecular weight excluding hydrogens is 610 g/mol. The van der Waals surface area contributed by atoms with E-state index < -0.39 is 8.32 Å². The normalized spacial score (nSPS) is 11.6. The van der Waals surface area contributed by atoms with Crippen LogP contribution < -0.4 is 28.3 Å². The summed E-state index contributed by atoms with van der Waals surface area (Å²) < 4.78 is 40.2. The van der Waals surface area contributed by atoms with E-state index >= 15 is 0 Å². The van der Waals surface area contributed by atoms with Gasteiger partial charge in [-0.15, -0.1) is 6.58 Å². The highest BCUT2D eigenvalue weighted by atomic mass is 79.9. The van der Waals surface area contributed by atoms with Crippen LogP contribution in [0.5, 0.6) is 28.7 Å². The zero-order chi connectivity index (χ0) is 30.8. The Hall–Kier alpha value is -2.73. The number of carbonyl (C=O) groups excluding carboxylic acids is 1. The van der Waals surface area contributed by atoms with Gasteiger partial charge in [0.2, 0.25) is 14.2 Å². The standard InChI is InChI=1S/C30H44BrNO8Si/c1-11-12-23-28(39-20-35-6)24(16-26(29(23)37-8)38-19-34-5)32(27(33)17-31)18-21-13-14-22(15-25(21)36-7)40-41(9,10)30(2,3)4/h11,13-16H,1,12,17-20H2,2-10H3. The highest BCUT2D eigenvalue weighted by Gasteiger charge is 2.39. The number of carbonyl (C=O) groups is 1. The van der Waals surface area contributed by atoms with E-state index in [2.05, 4.69) is 56.4 Å². The van der Waals surface area contributed by atoms with Crippen molar-refractivity contribution < 1.29 is 37.6 Å². The number of methoxy groups -OCH3 is 4. The minimum Gasteiger partial charge on any atom is -0.543 e. The Bertz CT molecular complexity index is 1180. The number of allylic oxidation sites excluding steroid dienone is 1. The first-order chi connectivity index (χ1) is 19.4. The number of amides is 1. The van der Waals surface area contributed by atoms with Gasteiger partial charge >= 0.3 is 0 Å². The molecule has 0 aliphatic heterocycles. The van der Waals surface area contributed by atoms with Crippen molar-refractivity contribution in [1.29, 1.82) is 0 Å². The van der Waals surface area contributed by atoms with Crippen molar-refractivity contribution in [2.75, 3.05) is 52.3 Å². The Morgan fingerprint density at radius 2 is 1.63 bits per heavy atom. The molecule has 0 aliphatic carbocycles. The minimum atomic E-state index is -2.07. The maximum atomic E-state index is 13.5. The Morgan fingerprint density at radius 3 is 2.17 bits per heavy atom. The third-order valence-electron chi connectivity index (χ3n) is 6.95. The van der Waals surface area contributed by atoms with Crippen molar-refractivity contribution in [3.8, 4) is 28.7 Å². The van der Waals surface area contributed by atoms with Crippen molar-refractivity contribution >= 4 is 35.8 Å². The molecule has 0 heterocycles. The lowest BCUT2D eigenvalue weighted by Gasteiger charge is -2.36. The van der Waals surface area contributed by atoms with Gasteiger partial charge in [0.05, 0.1) is 31.8 Å². The molecule has 41 heavy (non-hydrogen) atoms. The molecule has 0 aromatic heterocycles. The van der Waals surface area contributed by atoms with Gasteiger partial charge in [0.1, 0.15) is 11.5 Å². The lowest BCUT2D eigenvalue weighted by molar-refractivity contribution is -0.116. The van der Waals surface area contributed by atoms with E-state index in [1.165, 1.54) is 14.2 Å². The van der Waals surface area contributed by atoms with Crippen molar-refractivity contribution in [2.24, 2.45) is 0 Å². The summed E-state index contributed by atoms with van der Waals surface area (Å²) in [6, 6.07) is 7.42. The summed E-state index contributed by atoms with van der Waals surface area (Å²) in [5, 5.41) is 0.111. The average Bonchev–Trinajstić information content (AvgIpc) is 2.93. The van der Waals surface area contributed by atoms with E-state index in [9.17, 15) is 4.79 Å². The van der Waals surface area contributed by atoms with Crippen LogP contribution in [0, 0.1) is 0 Å². The molecule has 2 aromatic carbocycles. The van der Waals surface area contributed by atoms with Gasteiger partial charge in [-0.3, -0.25) is 4.79 Å². The topological polar surface area (TPSA) is 84.9 Å². The smallest absolute Gasteiger partial charge is 0.250 e. The number of halogens is 1. The largest absolute Gasteiger partial charge is 0.543 e. The molecule has 228 valence electrons. The van der Waals surface area contributed by atoms with Crippen molar-refractivity contribution in [3.63, 3.8) is 0 Å². The Kier molecular flexibility index (Phi) is 13.0. The van der Waals surface area contributed by atoms with Gasteiger partial charge in [-0.2, -0.15) is 0 Å². The molecule has 9 nitrogen and oxygen atoms in total. The number of hydrogen-bond donors (Lipinski definition) is 0. The molecule has 0 saturated carbocycles. The maximum absolute atomic E-state index is 13.5. The molecule has 0 spiro atoms. The van der Waals surface area contributed by atoms with Crippen molar-refractivity contribution in [1.82, 2.24) is 0 Å². The van der Waals surface area contributed by atoms with Crippen LogP contribution in [0.15, 0.2) is 36.9 Å². The SMILES string of the molecule is C=CCc1c(OC)c(OCOC)cc(N(Cc2ccc(O[Si](C)(C)C(C)(C)C)cc2OC)C(=O)CBr)c1OCOC. The molecule has 0 bridgehead atoms. The van der Waals surface area contributed by atoms with Gasteiger partial charge in [0.15, 0.2) is 30.8 Å². The fourth-order valence-corrected chi connectivity index (χ4v) is 5.17. The fraction of sp³-hybridized carbons (Fsp3) is 0.500. The van der Waals surface area contributed by atoms with E-state index in [4.69, 9.17) is 32.8 Å². The molecule has 2 rings (SSSR count). The maximum Gasteiger partial charge on any atom is 0.250 e. The van der Waals surface area contributed by atoms with E-state index in [0.717, 1.165) is 11.3 Å². The molecule has 11 heteroatoms. The van der Waals surface area contributed by atoms with Crippen molar-refractivity contribution in [3.05, 3.63) is 48.0 Å². The molecular formula is C30H44BrNO8Si. The number of hydrogen-bond acceptors (Lipinski definition) is 8. The molecule has 0 saturated heterocycles. The van der Waals surface area contributed by atoms with Crippen LogP contribution in [0.1, 0.15) is 31.9 Å². The molecule has 0 radical (unpaired) electrons. The molecule has 1 amide bonds. The molecule has 2 aromatic rings. The van der Waals surface area contributed by atoms with Crippen LogP contribution in [0.4, 0.5) is 5.69 Å². The summed E-state index contributed by atoms with van der Waals surface area (Å²) >= 11 is 3.34. The van der Waals surface area contributed by atoms with Crippen LogP contribution in [-0.2, 0) is 27.2 Å². The molecule has 0 atom stereocenters. The second kappa shape index (κ2) is 15.5. The Labute approximate surface area is 253 Å². The summed E-state index contributed by atoms with van der Waals surface area (Å²) in [4.78, 5) is 15.1. The highest BCUT2D eigenvalue weighted by molar-refractivity contribution is 9.09. The zero-order valence-corrected chi connectivity index (χ0v) is 28.3. The first kappa shape index (κ1) is 34.5. The van der Waals surface area contributed by atoms with E-state index in [1.54, 1.807) is 31.3 Å². The van der Waals surface area contributed by atoms with Crippen LogP contribution in [-0.4, -0.2) is 61.6 Å². The first-order valence-corrected chi connectivity index (χ1v) is 17.2. The number of alkyl halides is 1. The highest BCUT2D eigenvalue weighted by Crippen LogP contribution is 2.46. The number of benzene rings is 2. The van der Waals surface area contributed by atoms with Gasteiger partial charge < -0.3 is 37.7 Å². The first-order valence-electron chi connectivity index (χ1n) is 13.2. The summed E-state index contributed by atoms with van der Waals surface area (Å²) in [5.74, 6) is 2.38. The van der Waals surface area contributed by atoms with Gasteiger partial charge in [-0.25, -0.2) is 0 Å². The average molecular weight is 655 g/mol. The molecule has 0 aliphatic rings. The van der Waals surface area contributed by atoms with Crippen LogP contribution >= 0.6 is 15.9 Å². The minimum absolute atomic E-state index is 0.0164. The summed E-state index contributed by atoms with van der Waals surface area (Å²) in [5.41, 5.74) is 1.90. The Balaban J connectivity index is 2.71. The van der Waals surface area contributed by atoms with E-state index in [0.29, 0.717) is 40.7 Å². The molecule has 0 N–H and O–H groups in total. The van der Waals surface area contributed by atoms with Gasteiger partial charge in [0.25, 0.3) is 0 Å². The molecule has 0 unspecified atom stereocenters. The predicted molar refractivity (Wildman–Crippen MR) is 168 cm³/mol. The lowest BCUT2D eigenvalue weighted by Crippen LogP contribution is -2.43. The fourth-order valence-electron chi connectivity index (χ4n) is 3.84. The lowest BCUT2D eigenvalue weighted by atomic mass is 10.0. The predicted octanol–water partition coefficient (Wildman–Crippen LogP) is 6.71. The van der Waals surface area contributed by atoms with Crippen LogP contribution in [0.25, 0.3) is 0 Å². The second-order valence-electron chi connectivity index (χ2n) is 10.8. The molecule has 0 fully saturated rings. The summed E-state index contributed by atoms with van der Waals surface area (Å²) in [7, 11) is 4.13. The van der Waals surface area contributed by atoms with E-state index in [1.807, 2.05) is 18.2 Å². The second-order valence-corrected chi connectivity index (χ2v) is 16.1. The van der Waals surface area contributed by atoms with Crippen LogP contribution in [0.3, 0.4) is 0 Å². The zero-order valence-electron chi connectivity index (χ0n) is 25.7. The van der Waals surface area contributed by atoms with E-state index in [-0.39, 0.29) is 36.4 Å². The third-order valence-corrected chi connectivity index (χ3v) is 11.8. The summed E-state index contributed by atoms with van der Waals surface area (Å²) in [6.45, 7) is 15.0. The van der Waals surface area contributed by atoms with Crippen LogP contribution in [0.2, 0.25) is 18.1 Å². The van der Waals surface area contributed by atoms with Gasteiger partial charge in [-0.05, 0) is 36.7 Å². The van der Waals surface area contributed by atoms with Gasteiger partial charge in [0, 0.05) is 37.5 Å². The number of rotatable bonds is 16. The number of anilines is 1. The monoisotopic (exact) mass is 653 g/mol. The van der Waals surface area contributed by atoms with Gasteiger partial charge in [-0.1, -0.05) is 42.8 Å².